The van der Waals surface area contributed by atoms with Crippen molar-refractivity contribution in [3.05, 3.63) is 64.5 Å². The van der Waals surface area contributed by atoms with E-state index in [1.54, 1.807) is 6.92 Å². The number of hydrogen-bond donors (Lipinski definition) is 1. The average molecular weight is 474 g/mol. The highest BCUT2D eigenvalue weighted by Crippen LogP contribution is 2.25. The fraction of sp³-hybridized carbons (Fsp3) is 0.227. The van der Waals surface area contributed by atoms with Crippen LogP contribution in [0, 0.1) is 13.8 Å². The number of nitrogens with one attached hydrogen (secondary N) is 1. The number of aromatic nitrogens is 1. The van der Waals surface area contributed by atoms with Crippen molar-refractivity contribution in [1.29, 1.82) is 0 Å². The molecule has 3 rings (SSSR count). The number of carbonyl (C=O) groups is 2. The van der Waals surface area contributed by atoms with Crippen LogP contribution in [0.1, 0.15) is 21.5 Å². The van der Waals surface area contributed by atoms with Crippen LogP contribution in [-0.4, -0.2) is 50.3 Å². The molecule has 2 aromatic carbocycles. The Balaban J connectivity index is 1.63. The molecule has 168 valence electrons. The lowest BCUT2D eigenvalue weighted by atomic mass is 10.1. The van der Waals surface area contributed by atoms with E-state index in [1.165, 1.54) is 43.6 Å². The summed E-state index contributed by atoms with van der Waals surface area (Å²) in [6.45, 7) is 3.13. The molecule has 1 N–H and O–H groups in total. The van der Waals surface area contributed by atoms with Crippen molar-refractivity contribution in [2.75, 3.05) is 26.0 Å². The average Bonchev–Trinajstić information content (AvgIpc) is 3.21. The molecule has 1 aromatic heterocycles. The van der Waals surface area contributed by atoms with Crippen LogP contribution in [0.5, 0.6) is 0 Å². The first-order valence-corrected chi connectivity index (χ1v) is 11.9. The topological polar surface area (TPSA) is 106 Å². The van der Waals surface area contributed by atoms with Crippen LogP contribution in [0.25, 0.3) is 11.3 Å². The Morgan fingerprint density at radius 3 is 2.44 bits per heavy atom. The molecule has 0 saturated heterocycles. The standard InChI is InChI=1S/C22H23N3O5S2/c1-14-5-8-16(9-6-14)19-13-31-22(23-19)24-20(26)12-30-21(27)18-11-17(10-7-15(18)2)32(28,29)25(3)4/h5-11,13H,12H2,1-4H3,(H,23,24,26). The molecule has 0 bridgehead atoms. The highest BCUT2D eigenvalue weighted by Gasteiger charge is 2.21. The third-order valence-electron chi connectivity index (χ3n) is 4.64. The Labute approximate surface area is 190 Å². The van der Waals surface area contributed by atoms with Gasteiger partial charge in [0.15, 0.2) is 11.7 Å². The van der Waals surface area contributed by atoms with Gasteiger partial charge < -0.3 is 4.74 Å². The predicted molar refractivity (Wildman–Crippen MR) is 123 cm³/mol. The van der Waals surface area contributed by atoms with Crippen LogP contribution in [0.15, 0.2) is 52.7 Å². The molecule has 0 spiro atoms. The molecule has 0 aliphatic rings. The highest BCUT2D eigenvalue weighted by molar-refractivity contribution is 7.89. The summed E-state index contributed by atoms with van der Waals surface area (Å²) in [6.07, 6.45) is 0. The molecule has 0 aliphatic heterocycles. The summed E-state index contributed by atoms with van der Waals surface area (Å²) in [7, 11) is -0.899. The molecule has 32 heavy (non-hydrogen) atoms. The molecule has 0 fully saturated rings. The van der Waals surface area contributed by atoms with Crippen LogP contribution in [0.3, 0.4) is 0 Å². The van der Waals surface area contributed by atoms with Crippen molar-refractivity contribution in [3.63, 3.8) is 0 Å². The number of aryl methyl sites for hydroxylation is 2. The van der Waals surface area contributed by atoms with Crippen LogP contribution < -0.4 is 5.32 Å². The van der Waals surface area contributed by atoms with Gasteiger partial charge in [-0.3, -0.25) is 10.1 Å². The fourth-order valence-corrected chi connectivity index (χ4v) is 4.41. The molecular formula is C22H23N3O5S2. The summed E-state index contributed by atoms with van der Waals surface area (Å²) in [5, 5.41) is 4.82. The monoisotopic (exact) mass is 473 g/mol. The lowest BCUT2D eigenvalue weighted by molar-refractivity contribution is -0.119. The third-order valence-corrected chi connectivity index (χ3v) is 7.21. The van der Waals surface area contributed by atoms with Crippen LogP contribution in [-0.2, 0) is 19.6 Å². The largest absolute Gasteiger partial charge is 0.452 e. The van der Waals surface area contributed by atoms with E-state index in [2.05, 4.69) is 10.3 Å². The van der Waals surface area contributed by atoms with E-state index >= 15 is 0 Å². The zero-order valence-corrected chi connectivity index (χ0v) is 19.7. The van der Waals surface area contributed by atoms with E-state index in [9.17, 15) is 18.0 Å². The van der Waals surface area contributed by atoms with E-state index < -0.39 is 28.5 Å². The second-order valence-electron chi connectivity index (χ2n) is 7.29. The van der Waals surface area contributed by atoms with E-state index in [0.29, 0.717) is 10.7 Å². The summed E-state index contributed by atoms with van der Waals surface area (Å²) >= 11 is 1.26. The lowest BCUT2D eigenvalue weighted by Gasteiger charge is -2.13. The SMILES string of the molecule is Cc1ccc(-c2csc(NC(=O)COC(=O)c3cc(S(=O)(=O)N(C)C)ccc3C)n2)cc1. The van der Waals surface area contributed by atoms with E-state index in [4.69, 9.17) is 4.74 Å². The number of rotatable bonds is 7. The first-order chi connectivity index (χ1) is 15.1. The van der Waals surface area contributed by atoms with Gasteiger partial charge in [0, 0.05) is 25.0 Å². The number of sulfonamides is 1. The summed E-state index contributed by atoms with van der Waals surface area (Å²) in [6, 6.07) is 12.0. The molecule has 1 heterocycles. The first kappa shape index (κ1) is 23.6. The number of nitrogens with zero attached hydrogens (tertiary/aromatic N) is 2. The van der Waals surface area contributed by atoms with Crippen molar-refractivity contribution >= 4 is 38.4 Å². The quantitative estimate of drug-likeness (QED) is 0.527. The molecule has 1 amide bonds. The molecule has 0 unspecified atom stereocenters. The van der Waals surface area contributed by atoms with E-state index in [-0.39, 0.29) is 10.5 Å². The van der Waals surface area contributed by atoms with E-state index in [1.807, 2.05) is 36.6 Å². The maximum Gasteiger partial charge on any atom is 0.338 e. The molecule has 0 saturated carbocycles. The summed E-state index contributed by atoms with van der Waals surface area (Å²) < 4.78 is 30.8. The number of ether oxygens (including phenoxy) is 1. The summed E-state index contributed by atoms with van der Waals surface area (Å²) in [5.41, 5.74) is 3.42. The second-order valence-corrected chi connectivity index (χ2v) is 10.3. The van der Waals surface area contributed by atoms with Crippen molar-refractivity contribution < 1.29 is 22.7 Å². The number of esters is 1. The zero-order chi connectivity index (χ0) is 23.5. The Morgan fingerprint density at radius 2 is 1.78 bits per heavy atom. The second kappa shape index (κ2) is 9.60. The minimum absolute atomic E-state index is 0.0316. The van der Waals surface area contributed by atoms with Gasteiger partial charge in [0.25, 0.3) is 5.91 Å². The fourth-order valence-electron chi connectivity index (χ4n) is 2.74. The van der Waals surface area contributed by atoms with Gasteiger partial charge >= 0.3 is 5.97 Å². The van der Waals surface area contributed by atoms with Crippen molar-refractivity contribution in [3.8, 4) is 11.3 Å². The van der Waals surface area contributed by atoms with E-state index in [0.717, 1.165) is 21.1 Å². The van der Waals surface area contributed by atoms with Gasteiger partial charge in [0.1, 0.15) is 0 Å². The van der Waals surface area contributed by atoms with Gasteiger partial charge in [-0.2, -0.15) is 0 Å². The number of amides is 1. The first-order valence-electron chi connectivity index (χ1n) is 9.60. The maximum atomic E-state index is 12.5. The molecule has 10 heteroatoms. The van der Waals surface area contributed by atoms with Gasteiger partial charge in [-0.15, -0.1) is 11.3 Å². The molecular weight excluding hydrogens is 450 g/mol. The molecule has 8 nitrogen and oxygen atoms in total. The molecule has 3 aromatic rings. The molecule has 0 radical (unpaired) electrons. The normalized spacial score (nSPS) is 11.4. The summed E-state index contributed by atoms with van der Waals surface area (Å²) in [5.74, 6) is -1.33. The van der Waals surface area contributed by atoms with Gasteiger partial charge in [-0.25, -0.2) is 22.5 Å². The zero-order valence-electron chi connectivity index (χ0n) is 18.1. The Morgan fingerprint density at radius 1 is 1.09 bits per heavy atom. The maximum absolute atomic E-state index is 12.5. The number of benzene rings is 2. The Bertz CT molecular complexity index is 1250. The number of hydrogen-bond acceptors (Lipinski definition) is 7. The minimum atomic E-state index is -3.71. The van der Waals surface area contributed by atoms with Gasteiger partial charge in [-0.1, -0.05) is 35.9 Å². The van der Waals surface area contributed by atoms with Crippen molar-refractivity contribution in [1.82, 2.24) is 9.29 Å². The van der Waals surface area contributed by atoms with Crippen LogP contribution in [0.2, 0.25) is 0 Å². The molecule has 0 atom stereocenters. The van der Waals surface area contributed by atoms with Gasteiger partial charge in [0.05, 0.1) is 16.2 Å². The Hall–Kier alpha value is -3.08. The van der Waals surface area contributed by atoms with Gasteiger partial charge in [-0.05, 0) is 31.5 Å². The van der Waals surface area contributed by atoms with Crippen LogP contribution in [0.4, 0.5) is 5.13 Å². The highest BCUT2D eigenvalue weighted by atomic mass is 32.2. The smallest absolute Gasteiger partial charge is 0.338 e. The third kappa shape index (κ3) is 5.39. The van der Waals surface area contributed by atoms with Crippen molar-refractivity contribution in [2.45, 2.75) is 18.7 Å². The molecule has 0 aliphatic carbocycles. The van der Waals surface area contributed by atoms with Gasteiger partial charge in [0.2, 0.25) is 10.0 Å². The van der Waals surface area contributed by atoms with Crippen LogP contribution >= 0.6 is 11.3 Å². The summed E-state index contributed by atoms with van der Waals surface area (Å²) in [4.78, 5) is 29.0. The van der Waals surface area contributed by atoms with Crippen molar-refractivity contribution in [2.24, 2.45) is 0 Å². The number of anilines is 1. The lowest BCUT2D eigenvalue weighted by Crippen LogP contribution is -2.23. The Kier molecular flexibility index (Phi) is 7.07. The number of thiazole rings is 1. The minimum Gasteiger partial charge on any atom is -0.452 e. The predicted octanol–water partition coefficient (Wildman–Crippen LogP) is 3.47. The number of carbonyl (C=O) groups excluding carboxylic acids is 2.